The molecule has 1 aromatic heterocycles. The van der Waals surface area contributed by atoms with Crippen LogP contribution < -0.4 is 20.5 Å². The first-order valence-corrected chi connectivity index (χ1v) is 8.89. The van der Waals surface area contributed by atoms with Gasteiger partial charge in [-0.2, -0.15) is 4.98 Å². The van der Waals surface area contributed by atoms with E-state index in [1.165, 1.54) is 14.2 Å². The molecule has 1 amide bonds. The van der Waals surface area contributed by atoms with Crippen LogP contribution in [0.3, 0.4) is 0 Å². The summed E-state index contributed by atoms with van der Waals surface area (Å²) >= 11 is 0. The van der Waals surface area contributed by atoms with Gasteiger partial charge in [-0.05, 0) is 25.3 Å². The first-order chi connectivity index (χ1) is 12.7. The lowest BCUT2D eigenvalue weighted by Crippen LogP contribution is -2.44. The molecule has 0 spiro atoms. The molecule has 146 valence electrons. The molecule has 0 radical (unpaired) electrons. The minimum atomic E-state index is -0.572. The molecule has 0 bridgehead atoms. The average Bonchev–Trinajstić information content (AvgIpc) is 3.08. The van der Waals surface area contributed by atoms with E-state index in [-0.39, 0.29) is 11.8 Å². The molecule has 1 aliphatic rings. The Hall–Kier alpha value is -2.61. The zero-order valence-corrected chi connectivity index (χ0v) is 16.4. The van der Waals surface area contributed by atoms with Gasteiger partial charge in [0.05, 0.1) is 31.0 Å². The van der Waals surface area contributed by atoms with Crippen molar-refractivity contribution in [2.24, 2.45) is 11.1 Å². The highest BCUT2D eigenvalue weighted by Crippen LogP contribution is 2.41. The fourth-order valence-corrected chi connectivity index (χ4v) is 2.79. The number of hydrogen-bond donors (Lipinski definition) is 2. The van der Waals surface area contributed by atoms with Crippen molar-refractivity contribution in [1.82, 2.24) is 10.1 Å². The molecule has 1 fully saturated rings. The van der Waals surface area contributed by atoms with Crippen molar-refractivity contribution in [3.8, 4) is 23.0 Å². The first kappa shape index (κ1) is 19.2. The molecule has 0 atom stereocenters. The lowest BCUT2D eigenvalue weighted by atomic mass is 9.77. The molecule has 0 aliphatic heterocycles. The Bertz CT molecular complexity index is 850. The predicted octanol–water partition coefficient (Wildman–Crippen LogP) is 3.08. The molecule has 2 aromatic rings. The predicted molar refractivity (Wildman–Crippen MR) is 101 cm³/mol. The van der Waals surface area contributed by atoms with Gasteiger partial charge in [-0.15, -0.1) is 0 Å². The van der Waals surface area contributed by atoms with E-state index in [2.05, 4.69) is 15.5 Å². The van der Waals surface area contributed by atoms with Crippen molar-refractivity contribution in [3.05, 3.63) is 18.0 Å². The Morgan fingerprint density at radius 2 is 1.85 bits per heavy atom. The highest BCUT2D eigenvalue weighted by atomic mass is 16.5. The van der Waals surface area contributed by atoms with Gasteiger partial charge in [-0.25, -0.2) is 0 Å². The maximum absolute atomic E-state index is 12.5. The average molecular weight is 374 g/mol. The number of aromatic nitrogens is 2. The summed E-state index contributed by atoms with van der Waals surface area (Å²) in [5.41, 5.74) is 6.24. The molecule has 1 aliphatic carbocycles. The van der Waals surface area contributed by atoms with E-state index < -0.39 is 11.0 Å². The van der Waals surface area contributed by atoms with Gasteiger partial charge in [0.1, 0.15) is 0 Å². The highest BCUT2D eigenvalue weighted by Gasteiger charge is 2.39. The Balaban J connectivity index is 2.05. The van der Waals surface area contributed by atoms with E-state index in [9.17, 15) is 4.79 Å². The number of nitrogens with zero attached hydrogens (tertiary/aromatic N) is 2. The second-order valence-corrected chi connectivity index (χ2v) is 7.89. The normalized spacial score (nSPS) is 15.8. The number of benzene rings is 1. The zero-order valence-electron chi connectivity index (χ0n) is 16.4. The van der Waals surface area contributed by atoms with Crippen molar-refractivity contribution in [2.75, 3.05) is 19.5 Å². The topological polar surface area (TPSA) is 112 Å². The monoisotopic (exact) mass is 374 g/mol. The van der Waals surface area contributed by atoms with Crippen LogP contribution in [0.15, 0.2) is 16.7 Å². The van der Waals surface area contributed by atoms with Crippen LogP contribution in [0.2, 0.25) is 0 Å². The third kappa shape index (κ3) is 3.62. The van der Waals surface area contributed by atoms with Crippen LogP contribution in [0.1, 0.15) is 45.9 Å². The maximum Gasteiger partial charge on any atom is 0.260 e. The molecule has 3 rings (SSSR count). The summed E-state index contributed by atoms with van der Waals surface area (Å²) in [6.07, 6.45) is 2.70. The van der Waals surface area contributed by atoms with E-state index in [0.717, 1.165) is 19.3 Å². The maximum atomic E-state index is 12.5. The Labute approximate surface area is 158 Å². The lowest BCUT2D eigenvalue weighted by Gasteiger charge is -2.34. The molecular weight excluding hydrogens is 348 g/mol. The van der Waals surface area contributed by atoms with E-state index >= 15 is 0 Å². The third-order valence-electron chi connectivity index (χ3n) is 4.80. The fourth-order valence-electron chi connectivity index (χ4n) is 2.79. The van der Waals surface area contributed by atoms with Gasteiger partial charge in [-0.1, -0.05) is 25.9 Å². The number of nitrogens with one attached hydrogen (secondary N) is 1. The van der Waals surface area contributed by atoms with Crippen molar-refractivity contribution >= 4 is 11.6 Å². The van der Waals surface area contributed by atoms with Crippen LogP contribution in [-0.4, -0.2) is 30.3 Å². The number of amides is 1. The number of rotatable bonds is 5. The van der Waals surface area contributed by atoms with Gasteiger partial charge in [0.15, 0.2) is 17.3 Å². The summed E-state index contributed by atoms with van der Waals surface area (Å²) in [4.78, 5) is 17.0. The van der Waals surface area contributed by atoms with Gasteiger partial charge in [0.25, 0.3) is 5.89 Å². The van der Waals surface area contributed by atoms with Gasteiger partial charge in [-0.3, -0.25) is 4.79 Å². The van der Waals surface area contributed by atoms with Crippen LogP contribution in [0, 0.1) is 5.41 Å². The van der Waals surface area contributed by atoms with E-state index in [1.807, 2.05) is 20.8 Å². The molecule has 8 nitrogen and oxygen atoms in total. The summed E-state index contributed by atoms with van der Waals surface area (Å²) < 4.78 is 16.2. The second-order valence-electron chi connectivity index (χ2n) is 7.89. The molecule has 0 saturated heterocycles. The largest absolute Gasteiger partial charge is 0.493 e. The van der Waals surface area contributed by atoms with Crippen LogP contribution in [0.5, 0.6) is 11.5 Å². The van der Waals surface area contributed by atoms with Crippen LogP contribution >= 0.6 is 0 Å². The molecule has 1 saturated carbocycles. The van der Waals surface area contributed by atoms with Crippen molar-refractivity contribution in [2.45, 2.75) is 45.6 Å². The van der Waals surface area contributed by atoms with Crippen molar-refractivity contribution in [3.63, 3.8) is 0 Å². The van der Waals surface area contributed by atoms with Gasteiger partial charge in [0.2, 0.25) is 5.91 Å². The smallest absolute Gasteiger partial charge is 0.260 e. The summed E-state index contributed by atoms with van der Waals surface area (Å²) in [5.74, 6) is 1.58. The standard InChI is InChI=1S/C19H26N4O4/c1-18(2,3)17(24)21-12-10-14(26-5)13(25-4)9-11(12)15-22-16(23-27-15)19(20)7-6-8-19/h9-10H,6-8,20H2,1-5H3,(H,21,24). The van der Waals surface area contributed by atoms with Gasteiger partial charge in [0, 0.05) is 11.5 Å². The molecule has 1 heterocycles. The quantitative estimate of drug-likeness (QED) is 0.827. The first-order valence-electron chi connectivity index (χ1n) is 8.89. The molecule has 8 heteroatoms. The highest BCUT2D eigenvalue weighted by molar-refractivity contribution is 5.98. The van der Waals surface area contributed by atoms with E-state index in [4.69, 9.17) is 19.7 Å². The zero-order chi connectivity index (χ0) is 19.8. The number of carbonyl (C=O) groups excluding carboxylic acids is 1. The van der Waals surface area contributed by atoms with E-state index in [1.54, 1.807) is 12.1 Å². The number of methoxy groups -OCH3 is 2. The second kappa shape index (κ2) is 6.84. The number of hydrogen-bond acceptors (Lipinski definition) is 7. The number of anilines is 1. The minimum absolute atomic E-state index is 0.148. The number of ether oxygens (including phenoxy) is 2. The summed E-state index contributed by atoms with van der Waals surface area (Å²) in [5, 5.41) is 6.97. The summed E-state index contributed by atoms with van der Waals surface area (Å²) in [7, 11) is 3.07. The summed E-state index contributed by atoms with van der Waals surface area (Å²) in [6, 6.07) is 3.39. The molecular formula is C19H26N4O4. The lowest BCUT2D eigenvalue weighted by molar-refractivity contribution is -0.123. The van der Waals surface area contributed by atoms with Crippen molar-refractivity contribution < 1.29 is 18.8 Å². The number of carbonyl (C=O) groups is 1. The summed E-state index contributed by atoms with van der Waals surface area (Å²) in [6.45, 7) is 5.51. The number of nitrogens with two attached hydrogens (primary N) is 1. The molecule has 0 unspecified atom stereocenters. The van der Waals surface area contributed by atoms with Crippen LogP contribution in [0.25, 0.3) is 11.5 Å². The Kier molecular flexibility index (Phi) is 4.86. The van der Waals surface area contributed by atoms with Crippen LogP contribution in [-0.2, 0) is 10.3 Å². The molecule has 1 aromatic carbocycles. The molecule has 3 N–H and O–H groups in total. The van der Waals surface area contributed by atoms with Gasteiger partial charge >= 0.3 is 0 Å². The van der Waals surface area contributed by atoms with Gasteiger partial charge < -0.3 is 25.0 Å². The third-order valence-corrected chi connectivity index (χ3v) is 4.80. The van der Waals surface area contributed by atoms with Crippen LogP contribution in [0.4, 0.5) is 5.69 Å². The minimum Gasteiger partial charge on any atom is -0.493 e. The Morgan fingerprint density at radius 3 is 2.37 bits per heavy atom. The van der Waals surface area contributed by atoms with Crippen molar-refractivity contribution in [1.29, 1.82) is 0 Å². The van der Waals surface area contributed by atoms with E-state index in [0.29, 0.717) is 28.6 Å². The fraction of sp³-hybridized carbons (Fsp3) is 0.526. The SMILES string of the molecule is COc1cc(NC(=O)C(C)(C)C)c(-c2nc(C3(N)CCC3)no2)cc1OC. The molecule has 27 heavy (non-hydrogen) atoms. The Morgan fingerprint density at radius 1 is 1.22 bits per heavy atom.